The molecule has 1 unspecified atom stereocenters. The van der Waals surface area contributed by atoms with Crippen LogP contribution in [0.25, 0.3) is 0 Å². The van der Waals surface area contributed by atoms with E-state index < -0.39 is 6.04 Å². The first kappa shape index (κ1) is 15.6. The Morgan fingerprint density at radius 3 is 2.48 bits per heavy atom. The highest BCUT2D eigenvalue weighted by atomic mass is 16.2. The molecule has 3 rings (SSSR count). The van der Waals surface area contributed by atoms with Crippen molar-refractivity contribution in [3.8, 4) is 0 Å². The molecule has 3 heterocycles. The lowest BCUT2D eigenvalue weighted by Gasteiger charge is -2.34. The minimum absolute atomic E-state index is 0.105. The van der Waals surface area contributed by atoms with E-state index in [0.29, 0.717) is 24.9 Å². The summed E-state index contributed by atoms with van der Waals surface area (Å²) in [5.74, 6) is 0.883. The van der Waals surface area contributed by atoms with Gasteiger partial charge in [-0.1, -0.05) is 25.8 Å². The maximum atomic E-state index is 12.8. The maximum absolute atomic E-state index is 12.8. The number of hydrogen-bond donors (Lipinski definition) is 0. The number of amidine groups is 1. The molecule has 3 aliphatic heterocycles. The van der Waals surface area contributed by atoms with E-state index in [-0.39, 0.29) is 17.4 Å². The van der Waals surface area contributed by atoms with Crippen LogP contribution in [-0.2, 0) is 4.79 Å². The summed E-state index contributed by atoms with van der Waals surface area (Å²) in [7, 11) is 3.48. The van der Waals surface area contributed by atoms with Crippen LogP contribution in [-0.4, -0.2) is 82.1 Å². The summed E-state index contributed by atoms with van der Waals surface area (Å²) in [4.78, 5) is 32.3. The molecule has 0 bridgehead atoms. The third kappa shape index (κ3) is 2.15. The van der Waals surface area contributed by atoms with Crippen molar-refractivity contribution < 1.29 is 14.2 Å². The Bertz CT molecular complexity index is 685. The Labute approximate surface area is 135 Å². The van der Waals surface area contributed by atoms with Gasteiger partial charge in [0, 0.05) is 19.0 Å². The normalized spacial score (nSPS) is 24.8. The van der Waals surface area contributed by atoms with Crippen LogP contribution in [0.4, 0.5) is 4.79 Å². The summed E-state index contributed by atoms with van der Waals surface area (Å²) >= 11 is 0. The quantitative estimate of drug-likeness (QED) is 0.657. The van der Waals surface area contributed by atoms with Crippen molar-refractivity contribution in [1.29, 1.82) is 0 Å². The number of urea groups is 1. The number of rotatable bonds is 1. The molecule has 1 atom stereocenters. The summed E-state index contributed by atoms with van der Waals surface area (Å²) in [6, 6.07) is -0.879. The molecule has 8 nitrogen and oxygen atoms in total. The predicted octanol–water partition coefficient (Wildman–Crippen LogP) is 0.397. The zero-order valence-electron chi connectivity index (χ0n) is 14.5. The second-order valence-corrected chi connectivity index (χ2v) is 7.04. The van der Waals surface area contributed by atoms with E-state index in [1.165, 1.54) is 9.80 Å². The molecular formula is C15H23N6O2+. The van der Waals surface area contributed by atoms with Gasteiger partial charge in [0.05, 0.1) is 12.8 Å². The molecule has 0 aromatic rings. The molecule has 0 aliphatic carbocycles. The van der Waals surface area contributed by atoms with Gasteiger partial charge in [-0.05, 0) is 6.92 Å². The number of aliphatic imine (C=N–C) groups is 1. The van der Waals surface area contributed by atoms with Crippen LogP contribution >= 0.6 is 0 Å². The highest BCUT2D eigenvalue weighted by Gasteiger charge is 2.54. The molecule has 124 valence electrons. The number of carbonyl (C=O) groups is 2. The van der Waals surface area contributed by atoms with Gasteiger partial charge in [0.2, 0.25) is 11.9 Å². The van der Waals surface area contributed by atoms with Crippen molar-refractivity contribution in [2.24, 2.45) is 15.5 Å². The van der Waals surface area contributed by atoms with Crippen LogP contribution in [0.5, 0.6) is 0 Å². The van der Waals surface area contributed by atoms with Crippen LogP contribution in [0.3, 0.4) is 0 Å². The van der Waals surface area contributed by atoms with Crippen LogP contribution < -0.4 is 0 Å². The van der Waals surface area contributed by atoms with Gasteiger partial charge in [0.25, 0.3) is 5.91 Å². The average Bonchev–Trinajstić information content (AvgIpc) is 2.85. The Morgan fingerprint density at radius 2 is 1.91 bits per heavy atom. The molecular weight excluding hydrogens is 296 g/mol. The average molecular weight is 319 g/mol. The molecule has 8 heteroatoms. The first-order chi connectivity index (χ1) is 10.7. The number of carbonyl (C=O) groups excluding carboxylic acids is 2. The molecule has 0 aromatic carbocycles. The molecule has 0 radical (unpaired) electrons. The van der Waals surface area contributed by atoms with Gasteiger partial charge in [-0.15, -0.1) is 10.1 Å². The van der Waals surface area contributed by atoms with Crippen LogP contribution in [0.15, 0.2) is 10.1 Å². The number of hydrogen-bond acceptors (Lipinski definition) is 5. The second kappa shape index (κ2) is 4.87. The van der Waals surface area contributed by atoms with Crippen LogP contribution in [0, 0.1) is 5.41 Å². The van der Waals surface area contributed by atoms with Gasteiger partial charge in [-0.25, -0.2) is 9.37 Å². The second-order valence-electron chi connectivity index (χ2n) is 7.04. The fraction of sp³-hybridized carbons (Fsp3) is 0.667. The fourth-order valence-corrected chi connectivity index (χ4v) is 3.02. The number of nitrogens with zero attached hydrogens (tertiary/aromatic N) is 6. The molecule has 23 heavy (non-hydrogen) atoms. The summed E-state index contributed by atoms with van der Waals surface area (Å²) in [6.07, 6.45) is 0. The lowest BCUT2D eigenvalue weighted by atomic mass is 9.89. The SMILES string of the molecule is CCN1C(=O)C2C(=NC3=[N+]2CC(C(C)(C)C)=NN3C)N(C)C1=O. The zero-order chi connectivity index (χ0) is 17.1. The minimum atomic E-state index is -0.553. The van der Waals surface area contributed by atoms with Crippen LogP contribution in [0.1, 0.15) is 27.7 Å². The number of guanidine groups is 1. The van der Waals surface area contributed by atoms with Gasteiger partial charge < -0.3 is 0 Å². The van der Waals surface area contributed by atoms with Crippen molar-refractivity contribution in [2.75, 3.05) is 27.2 Å². The fourth-order valence-electron chi connectivity index (χ4n) is 3.02. The molecule has 1 fully saturated rings. The van der Waals surface area contributed by atoms with Gasteiger partial charge in [-0.2, -0.15) is 0 Å². The lowest BCUT2D eigenvalue weighted by Crippen LogP contribution is -2.63. The Balaban J connectivity index is 2.02. The number of imide groups is 1. The number of hydrazone groups is 1. The van der Waals surface area contributed by atoms with E-state index >= 15 is 0 Å². The minimum Gasteiger partial charge on any atom is -0.270 e. The highest BCUT2D eigenvalue weighted by molar-refractivity contribution is 6.23. The molecule has 3 amide bonds. The van der Waals surface area contributed by atoms with Crippen molar-refractivity contribution in [3.05, 3.63) is 0 Å². The Kier molecular flexibility index (Phi) is 3.31. The topological polar surface area (TPSA) is 71.6 Å². The monoisotopic (exact) mass is 319 g/mol. The molecule has 3 aliphatic rings. The Hall–Kier alpha value is -2.25. The number of likely N-dealkylation sites (N-methyl/N-ethyl adjacent to an activating group) is 2. The van der Waals surface area contributed by atoms with Crippen molar-refractivity contribution in [2.45, 2.75) is 33.7 Å². The molecule has 0 aromatic heterocycles. The molecule has 0 saturated carbocycles. The summed E-state index contributed by atoms with van der Waals surface area (Å²) < 4.78 is 1.94. The maximum Gasteiger partial charge on any atom is 0.416 e. The lowest BCUT2D eigenvalue weighted by molar-refractivity contribution is -0.528. The first-order valence-electron chi connectivity index (χ1n) is 7.79. The summed E-state index contributed by atoms with van der Waals surface area (Å²) in [6.45, 7) is 8.98. The van der Waals surface area contributed by atoms with E-state index in [1.54, 1.807) is 19.0 Å². The van der Waals surface area contributed by atoms with Gasteiger partial charge in [-0.3, -0.25) is 14.6 Å². The standard InChI is InChI=1S/C15H23N6O2/c1-7-20-12(22)10-11(18(5)14(20)23)16-13-19(6)17-9(8-21(10)13)15(2,3)4/h10H,7-8H2,1-6H3/q+1. The smallest absolute Gasteiger partial charge is 0.270 e. The number of amides is 3. The summed E-state index contributed by atoms with van der Waals surface area (Å²) in [5, 5.41) is 6.29. The predicted molar refractivity (Wildman–Crippen MR) is 86.6 cm³/mol. The molecule has 0 spiro atoms. The first-order valence-corrected chi connectivity index (χ1v) is 7.79. The van der Waals surface area contributed by atoms with E-state index in [4.69, 9.17) is 0 Å². The molecule has 1 saturated heterocycles. The van der Waals surface area contributed by atoms with Crippen molar-refractivity contribution in [1.82, 2.24) is 14.8 Å². The van der Waals surface area contributed by atoms with Gasteiger partial charge in [0.15, 0.2) is 0 Å². The largest absolute Gasteiger partial charge is 0.416 e. The van der Waals surface area contributed by atoms with Crippen molar-refractivity contribution >= 4 is 29.4 Å². The number of fused-ring (bicyclic) bond motifs is 2. The van der Waals surface area contributed by atoms with Crippen molar-refractivity contribution in [3.63, 3.8) is 0 Å². The third-order valence-electron chi connectivity index (χ3n) is 4.45. The van der Waals surface area contributed by atoms with Gasteiger partial charge in [0.1, 0.15) is 6.54 Å². The third-order valence-corrected chi connectivity index (χ3v) is 4.45. The zero-order valence-corrected chi connectivity index (χ0v) is 14.5. The summed E-state index contributed by atoms with van der Waals surface area (Å²) in [5.41, 5.74) is 0.877. The van der Waals surface area contributed by atoms with E-state index in [1.807, 2.05) is 11.6 Å². The van der Waals surface area contributed by atoms with Gasteiger partial charge >= 0.3 is 12.0 Å². The van der Waals surface area contributed by atoms with E-state index in [0.717, 1.165) is 5.71 Å². The molecule has 0 N–H and O–H groups in total. The van der Waals surface area contributed by atoms with E-state index in [9.17, 15) is 9.59 Å². The van der Waals surface area contributed by atoms with E-state index in [2.05, 4.69) is 30.9 Å². The highest BCUT2D eigenvalue weighted by Crippen LogP contribution is 2.26. The Morgan fingerprint density at radius 1 is 1.26 bits per heavy atom. The van der Waals surface area contributed by atoms with Crippen LogP contribution in [0.2, 0.25) is 0 Å².